The maximum atomic E-state index is 10.7. The average Bonchev–Trinajstić information content (AvgIpc) is 2.74. The van der Waals surface area contributed by atoms with Crippen molar-refractivity contribution in [2.75, 3.05) is 6.61 Å². The van der Waals surface area contributed by atoms with Gasteiger partial charge in [-0.25, -0.2) is 0 Å². The third kappa shape index (κ3) is 8.30. The molecule has 0 aliphatic carbocycles. The molecule has 0 spiro atoms. The van der Waals surface area contributed by atoms with Gasteiger partial charge in [0.1, 0.15) is 0 Å². The largest absolute Gasteiger partial charge is 0.412 e. The Hall–Kier alpha value is -1.41. The van der Waals surface area contributed by atoms with Crippen LogP contribution in [0.5, 0.6) is 0 Å². The van der Waals surface area contributed by atoms with Crippen molar-refractivity contribution in [1.82, 2.24) is 0 Å². The molecule has 0 radical (unpaired) electrons. The summed E-state index contributed by atoms with van der Waals surface area (Å²) in [5.41, 5.74) is 1.21. The lowest BCUT2D eigenvalue weighted by Crippen LogP contribution is -2.44. The summed E-state index contributed by atoms with van der Waals surface area (Å²) in [4.78, 5) is 10.7. The number of ether oxygens (including phenoxy) is 1. The molecule has 0 unspecified atom stereocenters. The zero-order valence-electron chi connectivity index (χ0n) is 18.4. The number of carbonyl (C=O) groups is 1. The third-order valence-corrected chi connectivity index (χ3v) is 10.4. The molecule has 0 aromatic heterocycles. The molecule has 0 heterocycles. The summed E-state index contributed by atoms with van der Waals surface area (Å²) in [6.07, 6.45) is 2.79. The second-order valence-corrected chi connectivity index (χ2v) is 12.4. The van der Waals surface area contributed by atoms with E-state index >= 15 is 0 Å². The highest BCUT2D eigenvalue weighted by atomic mass is 28.4. The number of aldehydes is 1. The van der Waals surface area contributed by atoms with E-state index in [0.29, 0.717) is 18.8 Å². The van der Waals surface area contributed by atoms with E-state index in [1.54, 1.807) is 0 Å². The third-order valence-electron chi connectivity index (χ3n) is 5.80. The van der Waals surface area contributed by atoms with Gasteiger partial charge in [-0.3, -0.25) is 4.79 Å². The van der Waals surface area contributed by atoms with Gasteiger partial charge in [-0.05, 0) is 55.3 Å². The van der Waals surface area contributed by atoms with Crippen molar-refractivity contribution < 1.29 is 14.0 Å². The lowest BCUT2D eigenvalue weighted by molar-refractivity contribution is -0.103. The van der Waals surface area contributed by atoms with Crippen LogP contribution in [-0.4, -0.2) is 27.3 Å². The Labute approximate surface area is 173 Å². The van der Waals surface area contributed by atoms with Crippen LogP contribution in [0.15, 0.2) is 30.3 Å². The highest BCUT2D eigenvalue weighted by Crippen LogP contribution is 2.30. The quantitative estimate of drug-likeness (QED) is 0.180. The van der Waals surface area contributed by atoms with Gasteiger partial charge in [0.2, 0.25) is 0 Å². The van der Waals surface area contributed by atoms with E-state index in [4.69, 9.17) is 9.16 Å². The number of rotatable bonds is 13. The molecule has 1 rings (SSSR count). The van der Waals surface area contributed by atoms with Gasteiger partial charge in [-0.15, -0.1) is 0 Å². The molecule has 0 aliphatic heterocycles. The smallest absolute Gasteiger partial charge is 0.192 e. The zero-order valence-corrected chi connectivity index (χ0v) is 19.4. The number of benzene rings is 1. The van der Waals surface area contributed by atoms with Gasteiger partial charge in [-0.1, -0.05) is 63.9 Å². The van der Waals surface area contributed by atoms with Crippen molar-refractivity contribution in [1.29, 1.82) is 0 Å². The number of hydrogen-bond donors (Lipinski definition) is 0. The Kier molecular flexibility index (Phi) is 12.1. The minimum atomic E-state index is -1.73. The van der Waals surface area contributed by atoms with Crippen molar-refractivity contribution in [3.8, 4) is 11.8 Å². The lowest BCUT2D eigenvalue weighted by atomic mass is 9.90. The van der Waals surface area contributed by atoms with Gasteiger partial charge in [0.25, 0.3) is 0 Å². The summed E-state index contributed by atoms with van der Waals surface area (Å²) in [6.45, 7) is 12.5. The first-order valence-corrected chi connectivity index (χ1v) is 13.3. The Morgan fingerprint density at radius 1 is 1.07 bits per heavy atom. The monoisotopic (exact) mass is 402 g/mol. The second kappa shape index (κ2) is 13.7. The topological polar surface area (TPSA) is 35.5 Å². The van der Waals surface area contributed by atoms with E-state index in [-0.39, 0.29) is 12.0 Å². The van der Waals surface area contributed by atoms with E-state index in [2.05, 4.69) is 58.6 Å². The van der Waals surface area contributed by atoms with Crippen LogP contribution in [0.1, 0.15) is 53.0 Å². The van der Waals surface area contributed by atoms with Crippen LogP contribution in [0.25, 0.3) is 0 Å². The molecule has 0 N–H and O–H groups in total. The predicted octanol–water partition coefficient (Wildman–Crippen LogP) is 5.85. The summed E-state index contributed by atoms with van der Waals surface area (Å²) < 4.78 is 12.6. The fourth-order valence-electron chi connectivity index (χ4n) is 3.68. The molecule has 3 nitrogen and oxygen atoms in total. The van der Waals surface area contributed by atoms with Crippen molar-refractivity contribution in [2.45, 2.75) is 78.3 Å². The summed E-state index contributed by atoms with van der Waals surface area (Å²) in [7, 11) is -1.73. The molecular weight excluding hydrogens is 364 g/mol. The minimum absolute atomic E-state index is 0.0574. The molecule has 0 amide bonds. The van der Waals surface area contributed by atoms with Crippen LogP contribution < -0.4 is 0 Å². The van der Waals surface area contributed by atoms with Crippen LogP contribution >= 0.6 is 0 Å². The molecule has 1 aromatic carbocycles. The highest BCUT2D eigenvalue weighted by Gasteiger charge is 2.35. The predicted molar refractivity (Wildman–Crippen MR) is 120 cm³/mol. The highest BCUT2D eigenvalue weighted by molar-refractivity contribution is 6.73. The molecule has 0 fully saturated rings. The fraction of sp³-hybridized carbons (Fsp3) is 0.625. The van der Waals surface area contributed by atoms with E-state index in [0.717, 1.165) is 37.6 Å². The lowest BCUT2D eigenvalue weighted by Gasteiger charge is -2.37. The number of carbonyl (C=O) groups excluding carboxylic acids is 1. The minimum Gasteiger partial charge on any atom is -0.412 e. The standard InChI is InChI=1S/C24H38O3Si/c1-6-28(7-2,8-3)27-24(21(4)14-12-18-25)22(5)15-13-19-26-20-23-16-10-9-11-17-23/h9-11,16-18,21-22,24H,6-8,13,15,19-20H2,1-5H3/t21-,22+,24+/m0/s1. The zero-order chi connectivity index (χ0) is 20.8. The van der Waals surface area contributed by atoms with E-state index in [1.807, 2.05) is 18.2 Å². The van der Waals surface area contributed by atoms with Crippen molar-refractivity contribution >= 4 is 14.6 Å². The SMILES string of the molecule is CC[Si](CC)(CC)O[C@@H]([C@H](C)CCCOCc1ccccc1)[C@@H](C)C#CC=O. The molecular formula is C24H38O3Si. The fourth-order valence-corrected chi connectivity index (χ4v) is 6.70. The van der Waals surface area contributed by atoms with E-state index < -0.39 is 8.32 Å². The first-order valence-electron chi connectivity index (χ1n) is 10.8. The van der Waals surface area contributed by atoms with Gasteiger partial charge in [0, 0.05) is 12.5 Å². The van der Waals surface area contributed by atoms with Crippen molar-refractivity contribution in [3.05, 3.63) is 35.9 Å². The molecule has 1 aromatic rings. The van der Waals surface area contributed by atoms with Gasteiger partial charge >= 0.3 is 0 Å². The Balaban J connectivity index is 2.62. The molecule has 0 saturated heterocycles. The van der Waals surface area contributed by atoms with Gasteiger partial charge < -0.3 is 9.16 Å². The maximum absolute atomic E-state index is 10.7. The normalized spacial score (nSPS) is 14.6. The molecule has 0 saturated carbocycles. The van der Waals surface area contributed by atoms with Gasteiger partial charge in [0.15, 0.2) is 14.6 Å². The number of hydrogen-bond acceptors (Lipinski definition) is 3. The van der Waals surface area contributed by atoms with Gasteiger partial charge in [0.05, 0.1) is 12.7 Å². The van der Waals surface area contributed by atoms with E-state index in [1.165, 1.54) is 5.56 Å². The van der Waals surface area contributed by atoms with Crippen LogP contribution in [0.4, 0.5) is 0 Å². The molecule has 0 bridgehead atoms. The Morgan fingerprint density at radius 3 is 2.29 bits per heavy atom. The molecule has 28 heavy (non-hydrogen) atoms. The summed E-state index contributed by atoms with van der Waals surface area (Å²) in [5, 5.41) is 0. The second-order valence-electron chi connectivity index (χ2n) is 7.68. The Bertz CT molecular complexity index is 593. The average molecular weight is 403 g/mol. The van der Waals surface area contributed by atoms with Crippen LogP contribution in [0, 0.1) is 23.7 Å². The molecule has 4 heteroatoms. The first kappa shape index (κ1) is 24.6. The molecule has 156 valence electrons. The summed E-state index contributed by atoms with van der Waals surface area (Å²) in [6, 6.07) is 13.6. The van der Waals surface area contributed by atoms with Crippen LogP contribution in [0.3, 0.4) is 0 Å². The maximum Gasteiger partial charge on any atom is 0.192 e. The first-order chi connectivity index (χ1) is 13.5. The van der Waals surface area contributed by atoms with Crippen LogP contribution in [0.2, 0.25) is 18.1 Å². The van der Waals surface area contributed by atoms with Crippen LogP contribution in [-0.2, 0) is 20.6 Å². The van der Waals surface area contributed by atoms with Crippen molar-refractivity contribution in [3.63, 3.8) is 0 Å². The summed E-state index contributed by atoms with van der Waals surface area (Å²) in [5.74, 6) is 6.12. The van der Waals surface area contributed by atoms with E-state index in [9.17, 15) is 4.79 Å². The molecule has 3 atom stereocenters. The van der Waals surface area contributed by atoms with Crippen molar-refractivity contribution in [2.24, 2.45) is 11.8 Å². The Morgan fingerprint density at radius 2 is 1.71 bits per heavy atom. The summed E-state index contributed by atoms with van der Waals surface area (Å²) >= 11 is 0. The van der Waals surface area contributed by atoms with Gasteiger partial charge in [-0.2, -0.15) is 0 Å². The molecule has 0 aliphatic rings.